The molecule has 1 aromatic carbocycles. The molecule has 2 rings (SSSR count). The Morgan fingerprint density at radius 3 is 2.53 bits per heavy atom. The molecule has 1 heterocycles. The first-order valence-electron chi connectivity index (χ1n) is 4.35. The first-order chi connectivity index (χ1) is 7.07. The molecule has 15 heavy (non-hydrogen) atoms. The zero-order valence-corrected chi connectivity index (χ0v) is 9.29. The van der Waals surface area contributed by atoms with Gasteiger partial charge in [-0.2, -0.15) is 0 Å². The van der Waals surface area contributed by atoms with E-state index in [1.165, 1.54) is 6.07 Å². The average Bonchev–Trinajstić information content (AvgIpc) is 2.10. The number of hydrogen-bond acceptors (Lipinski definition) is 4. The molecule has 82 valence electrons. The van der Waals surface area contributed by atoms with Crippen molar-refractivity contribution >= 4 is 19.7 Å². The van der Waals surface area contributed by atoms with Crippen LogP contribution in [-0.2, 0) is 13.8 Å². The third kappa shape index (κ3) is 2.42. The smallest absolute Gasteiger partial charge is 0.264 e. The molecule has 0 spiro atoms. The van der Waals surface area contributed by atoms with Gasteiger partial charge in [0.1, 0.15) is 16.7 Å². The Kier molecular flexibility index (Phi) is 2.86. The van der Waals surface area contributed by atoms with E-state index in [1.54, 1.807) is 18.2 Å². The van der Waals surface area contributed by atoms with E-state index < -0.39 is 9.05 Å². The monoisotopic (exact) mass is 248 g/mol. The van der Waals surface area contributed by atoms with E-state index in [0.29, 0.717) is 13.2 Å². The standard InChI is InChI=1S/C9H9ClO4S/c10-15(11,12)9-4-2-1-3-8(9)14-7-5-13-6-7/h1-4,7H,5-6H2. The summed E-state index contributed by atoms with van der Waals surface area (Å²) in [7, 11) is 1.51. The van der Waals surface area contributed by atoms with Crippen LogP contribution < -0.4 is 4.74 Å². The first-order valence-corrected chi connectivity index (χ1v) is 6.66. The van der Waals surface area contributed by atoms with Crippen LogP contribution in [0.5, 0.6) is 5.75 Å². The van der Waals surface area contributed by atoms with Gasteiger partial charge in [0.15, 0.2) is 0 Å². The van der Waals surface area contributed by atoms with Crippen molar-refractivity contribution in [3.63, 3.8) is 0 Å². The SMILES string of the molecule is O=S(=O)(Cl)c1ccccc1OC1COC1. The number of benzene rings is 1. The summed E-state index contributed by atoms with van der Waals surface area (Å²) in [5, 5.41) is 0. The summed E-state index contributed by atoms with van der Waals surface area (Å²) in [6.45, 7) is 0.966. The fourth-order valence-corrected chi connectivity index (χ4v) is 2.19. The summed E-state index contributed by atoms with van der Waals surface area (Å²) >= 11 is 0. The largest absolute Gasteiger partial charge is 0.484 e. The second-order valence-electron chi connectivity index (χ2n) is 3.16. The zero-order chi connectivity index (χ0) is 10.9. The van der Waals surface area contributed by atoms with Gasteiger partial charge in [-0.05, 0) is 12.1 Å². The van der Waals surface area contributed by atoms with Crippen LogP contribution in [0.25, 0.3) is 0 Å². The molecule has 0 N–H and O–H groups in total. The fourth-order valence-electron chi connectivity index (χ4n) is 1.21. The van der Waals surface area contributed by atoms with E-state index in [1.807, 2.05) is 0 Å². The molecule has 0 atom stereocenters. The first kappa shape index (κ1) is 10.7. The molecule has 0 amide bonds. The Hall–Kier alpha value is -0.780. The quantitative estimate of drug-likeness (QED) is 0.759. The highest BCUT2D eigenvalue weighted by Gasteiger charge is 2.24. The fraction of sp³-hybridized carbons (Fsp3) is 0.333. The Morgan fingerprint density at radius 1 is 1.33 bits per heavy atom. The van der Waals surface area contributed by atoms with Gasteiger partial charge >= 0.3 is 0 Å². The number of ether oxygens (including phenoxy) is 2. The van der Waals surface area contributed by atoms with Gasteiger partial charge in [-0.25, -0.2) is 8.42 Å². The summed E-state index contributed by atoms with van der Waals surface area (Å²) in [5.41, 5.74) is 0. The summed E-state index contributed by atoms with van der Waals surface area (Å²) in [4.78, 5) is -0.00133. The van der Waals surface area contributed by atoms with Crippen LogP contribution in [0.3, 0.4) is 0 Å². The summed E-state index contributed by atoms with van der Waals surface area (Å²) in [5.74, 6) is 0.279. The normalized spacial score (nSPS) is 17.1. The van der Waals surface area contributed by atoms with E-state index >= 15 is 0 Å². The highest BCUT2D eigenvalue weighted by Crippen LogP contribution is 2.28. The molecular formula is C9H9ClO4S. The molecule has 0 aliphatic carbocycles. The van der Waals surface area contributed by atoms with Crippen molar-refractivity contribution in [2.24, 2.45) is 0 Å². The number of rotatable bonds is 3. The molecule has 1 saturated heterocycles. The number of para-hydroxylation sites is 1. The molecular weight excluding hydrogens is 240 g/mol. The molecule has 1 aliphatic rings. The van der Waals surface area contributed by atoms with Gasteiger partial charge in [0.05, 0.1) is 13.2 Å². The second-order valence-corrected chi connectivity index (χ2v) is 5.70. The van der Waals surface area contributed by atoms with Gasteiger partial charge in [0.25, 0.3) is 9.05 Å². The third-order valence-corrected chi connectivity index (χ3v) is 3.37. The third-order valence-electron chi connectivity index (χ3n) is 2.01. The molecule has 1 fully saturated rings. The van der Waals surface area contributed by atoms with E-state index in [2.05, 4.69) is 0 Å². The summed E-state index contributed by atoms with van der Waals surface area (Å²) in [6, 6.07) is 6.28. The Morgan fingerprint density at radius 2 is 2.00 bits per heavy atom. The maximum atomic E-state index is 11.2. The number of halogens is 1. The molecule has 0 bridgehead atoms. The molecule has 0 saturated carbocycles. The predicted octanol–water partition coefficient (Wildman–Crippen LogP) is 1.39. The van der Waals surface area contributed by atoms with Gasteiger partial charge in [-0.15, -0.1) is 0 Å². The van der Waals surface area contributed by atoms with Crippen molar-refractivity contribution in [3.8, 4) is 5.75 Å². The van der Waals surface area contributed by atoms with Crippen LogP contribution in [0.2, 0.25) is 0 Å². The van der Waals surface area contributed by atoms with Crippen LogP contribution in [0, 0.1) is 0 Å². The zero-order valence-electron chi connectivity index (χ0n) is 7.72. The minimum Gasteiger partial charge on any atom is -0.484 e. The second kappa shape index (κ2) is 4.00. The minimum absolute atomic E-state index is 0.00133. The van der Waals surface area contributed by atoms with Crippen molar-refractivity contribution in [2.45, 2.75) is 11.0 Å². The summed E-state index contributed by atoms with van der Waals surface area (Å²) in [6.07, 6.45) is -0.0791. The van der Waals surface area contributed by atoms with Gasteiger partial charge < -0.3 is 9.47 Å². The maximum absolute atomic E-state index is 11.2. The molecule has 1 aromatic rings. The molecule has 0 unspecified atom stereocenters. The maximum Gasteiger partial charge on any atom is 0.264 e. The molecule has 4 nitrogen and oxygen atoms in total. The highest BCUT2D eigenvalue weighted by molar-refractivity contribution is 8.13. The van der Waals surface area contributed by atoms with E-state index in [4.69, 9.17) is 20.2 Å². The molecule has 1 aliphatic heterocycles. The van der Waals surface area contributed by atoms with Crippen LogP contribution in [0.15, 0.2) is 29.2 Å². The highest BCUT2D eigenvalue weighted by atomic mass is 35.7. The van der Waals surface area contributed by atoms with E-state index in [0.717, 1.165) is 0 Å². The Bertz CT molecular complexity index is 453. The van der Waals surface area contributed by atoms with Crippen molar-refractivity contribution in [1.29, 1.82) is 0 Å². The van der Waals surface area contributed by atoms with Crippen molar-refractivity contribution < 1.29 is 17.9 Å². The van der Waals surface area contributed by atoms with Gasteiger partial charge in [-0.3, -0.25) is 0 Å². The van der Waals surface area contributed by atoms with Crippen LogP contribution in [-0.4, -0.2) is 27.7 Å². The van der Waals surface area contributed by atoms with Gasteiger partial charge in [-0.1, -0.05) is 12.1 Å². The van der Waals surface area contributed by atoms with Crippen molar-refractivity contribution in [1.82, 2.24) is 0 Å². The average molecular weight is 249 g/mol. The van der Waals surface area contributed by atoms with Crippen LogP contribution in [0.4, 0.5) is 0 Å². The lowest BCUT2D eigenvalue weighted by atomic mass is 10.3. The van der Waals surface area contributed by atoms with Crippen molar-refractivity contribution in [3.05, 3.63) is 24.3 Å². The van der Waals surface area contributed by atoms with Crippen LogP contribution >= 0.6 is 10.7 Å². The van der Waals surface area contributed by atoms with Gasteiger partial charge in [0.2, 0.25) is 0 Å². The summed E-state index contributed by atoms with van der Waals surface area (Å²) < 4.78 is 32.7. The topological polar surface area (TPSA) is 52.6 Å². The molecule has 6 heteroatoms. The van der Waals surface area contributed by atoms with Crippen LogP contribution in [0.1, 0.15) is 0 Å². The molecule has 0 aromatic heterocycles. The van der Waals surface area contributed by atoms with E-state index in [9.17, 15) is 8.42 Å². The lowest BCUT2D eigenvalue weighted by molar-refractivity contribution is -0.0807. The predicted molar refractivity (Wildman–Crippen MR) is 54.7 cm³/mol. The number of hydrogen-bond donors (Lipinski definition) is 0. The lowest BCUT2D eigenvalue weighted by Crippen LogP contribution is -2.38. The Labute approximate surface area is 92.2 Å². The van der Waals surface area contributed by atoms with E-state index in [-0.39, 0.29) is 16.7 Å². The van der Waals surface area contributed by atoms with Gasteiger partial charge in [0, 0.05) is 10.7 Å². The Balaban J connectivity index is 2.29. The minimum atomic E-state index is -3.76. The van der Waals surface area contributed by atoms with Crippen molar-refractivity contribution in [2.75, 3.05) is 13.2 Å². The molecule has 0 radical (unpaired) electrons. The lowest BCUT2D eigenvalue weighted by Gasteiger charge is -2.27.